The van der Waals surface area contributed by atoms with Crippen LogP contribution in [0.1, 0.15) is 25.0 Å². The molecule has 1 aliphatic carbocycles. The molecule has 0 bridgehead atoms. The third kappa shape index (κ3) is 2.25. The Morgan fingerprint density at radius 2 is 2.15 bits per heavy atom. The molecule has 0 spiro atoms. The number of hydrogen-bond acceptors (Lipinski definition) is 3. The third-order valence-electron chi connectivity index (χ3n) is 4.21. The molecule has 2 aromatic rings. The Morgan fingerprint density at radius 1 is 1.40 bits per heavy atom. The van der Waals surface area contributed by atoms with Gasteiger partial charge in [0, 0.05) is 34.8 Å². The van der Waals surface area contributed by atoms with Crippen molar-refractivity contribution in [1.29, 1.82) is 0 Å². The lowest BCUT2D eigenvalue weighted by Crippen LogP contribution is -2.41. The fourth-order valence-electron chi connectivity index (χ4n) is 2.83. The topological polar surface area (TPSA) is 63.9 Å². The molecule has 3 rings (SSSR count). The monoisotopic (exact) mass is 335 g/mol. The number of H-pyrrole nitrogens is 1. The van der Waals surface area contributed by atoms with Crippen LogP contribution in [0.3, 0.4) is 0 Å². The van der Waals surface area contributed by atoms with Crippen molar-refractivity contribution in [2.45, 2.75) is 31.3 Å². The second-order valence-electron chi connectivity index (χ2n) is 5.36. The molecule has 5 heteroatoms. The summed E-state index contributed by atoms with van der Waals surface area (Å²) in [5, 5.41) is 7.27. The van der Waals surface area contributed by atoms with Gasteiger partial charge in [-0.05, 0) is 25.3 Å². The van der Waals surface area contributed by atoms with Crippen LogP contribution in [0.15, 0.2) is 28.7 Å². The van der Waals surface area contributed by atoms with E-state index in [9.17, 15) is 0 Å². The zero-order valence-corrected chi connectivity index (χ0v) is 13.0. The van der Waals surface area contributed by atoms with Crippen LogP contribution in [0, 0.1) is 0 Å². The lowest BCUT2D eigenvalue weighted by atomic mass is 9.76. The van der Waals surface area contributed by atoms with Gasteiger partial charge < -0.3 is 10.5 Å². The zero-order chi connectivity index (χ0) is 14.2. The van der Waals surface area contributed by atoms with E-state index in [1.165, 1.54) is 6.42 Å². The number of nitrogen functional groups attached to an aromatic ring is 1. The maximum atomic E-state index is 6.06. The van der Waals surface area contributed by atoms with Gasteiger partial charge in [0.1, 0.15) is 0 Å². The van der Waals surface area contributed by atoms with E-state index < -0.39 is 0 Å². The van der Waals surface area contributed by atoms with E-state index in [1.807, 2.05) is 18.2 Å². The molecular weight excluding hydrogens is 318 g/mol. The molecule has 0 radical (unpaired) electrons. The molecule has 3 N–H and O–H groups in total. The number of benzene rings is 1. The SMILES string of the molecule is COC1(Cc2[nH]nc(N)c2-c2ccccc2Br)CCC1. The van der Waals surface area contributed by atoms with Gasteiger partial charge >= 0.3 is 0 Å². The molecule has 1 heterocycles. The van der Waals surface area contributed by atoms with Crippen LogP contribution >= 0.6 is 15.9 Å². The number of nitrogens with two attached hydrogens (primary N) is 1. The minimum Gasteiger partial charge on any atom is -0.382 e. The Kier molecular flexibility index (Phi) is 3.56. The molecule has 0 unspecified atom stereocenters. The quantitative estimate of drug-likeness (QED) is 0.898. The van der Waals surface area contributed by atoms with Crippen molar-refractivity contribution in [3.63, 3.8) is 0 Å². The fraction of sp³-hybridized carbons (Fsp3) is 0.400. The van der Waals surface area contributed by atoms with Crippen molar-refractivity contribution in [2.24, 2.45) is 0 Å². The average molecular weight is 336 g/mol. The second-order valence-corrected chi connectivity index (χ2v) is 6.21. The van der Waals surface area contributed by atoms with E-state index in [2.05, 4.69) is 32.2 Å². The maximum Gasteiger partial charge on any atom is 0.153 e. The number of anilines is 1. The molecule has 0 aliphatic heterocycles. The van der Waals surface area contributed by atoms with E-state index in [4.69, 9.17) is 10.5 Å². The molecule has 20 heavy (non-hydrogen) atoms. The Hall–Kier alpha value is -1.33. The molecule has 4 nitrogen and oxygen atoms in total. The maximum absolute atomic E-state index is 6.06. The third-order valence-corrected chi connectivity index (χ3v) is 4.90. The van der Waals surface area contributed by atoms with Gasteiger partial charge in [-0.1, -0.05) is 34.1 Å². The van der Waals surface area contributed by atoms with Crippen molar-refractivity contribution >= 4 is 21.7 Å². The Morgan fingerprint density at radius 3 is 2.75 bits per heavy atom. The largest absolute Gasteiger partial charge is 0.382 e. The number of hydrogen-bond donors (Lipinski definition) is 2. The van der Waals surface area contributed by atoms with Crippen LogP contribution < -0.4 is 5.73 Å². The van der Waals surface area contributed by atoms with E-state index in [0.29, 0.717) is 5.82 Å². The summed E-state index contributed by atoms with van der Waals surface area (Å²) in [5.74, 6) is 0.539. The first-order valence-corrected chi connectivity index (χ1v) is 7.57. The molecule has 1 aliphatic rings. The normalized spacial score (nSPS) is 16.9. The van der Waals surface area contributed by atoms with Crippen LogP contribution in [0.25, 0.3) is 11.1 Å². The highest BCUT2D eigenvalue weighted by molar-refractivity contribution is 9.10. The molecule has 1 saturated carbocycles. The van der Waals surface area contributed by atoms with E-state index >= 15 is 0 Å². The predicted octanol–water partition coefficient (Wildman–Crippen LogP) is 3.53. The summed E-state index contributed by atoms with van der Waals surface area (Å²) >= 11 is 3.59. The summed E-state index contributed by atoms with van der Waals surface area (Å²) < 4.78 is 6.73. The minimum atomic E-state index is -0.0466. The molecule has 1 aromatic carbocycles. The molecule has 1 aromatic heterocycles. The van der Waals surface area contributed by atoms with Crippen molar-refractivity contribution in [3.05, 3.63) is 34.4 Å². The van der Waals surface area contributed by atoms with Gasteiger partial charge in [-0.2, -0.15) is 5.10 Å². The van der Waals surface area contributed by atoms with E-state index in [0.717, 1.165) is 40.6 Å². The predicted molar refractivity (Wildman–Crippen MR) is 83.4 cm³/mol. The first-order valence-electron chi connectivity index (χ1n) is 6.78. The summed E-state index contributed by atoms with van der Waals surface area (Å²) in [7, 11) is 1.79. The molecule has 0 atom stereocenters. The van der Waals surface area contributed by atoms with Crippen molar-refractivity contribution in [2.75, 3.05) is 12.8 Å². The number of ether oxygens (including phenoxy) is 1. The number of methoxy groups -OCH3 is 1. The van der Waals surface area contributed by atoms with Crippen molar-refractivity contribution < 1.29 is 4.74 Å². The molecule has 106 valence electrons. The van der Waals surface area contributed by atoms with Gasteiger partial charge in [0.15, 0.2) is 5.82 Å². The van der Waals surface area contributed by atoms with Gasteiger partial charge in [-0.15, -0.1) is 0 Å². The molecule has 0 saturated heterocycles. The van der Waals surface area contributed by atoms with E-state index in [-0.39, 0.29) is 5.60 Å². The summed E-state index contributed by atoms with van der Waals surface area (Å²) in [6.07, 6.45) is 4.24. The van der Waals surface area contributed by atoms with Crippen LogP contribution in [0.4, 0.5) is 5.82 Å². The first-order chi connectivity index (χ1) is 9.65. The van der Waals surface area contributed by atoms with Gasteiger partial charge in [0.25, 0.3) is 0 Å². The highest BCUT2D eigenvalue weighted by Gasteiger charge is 2.38. The second kappa shape index (κ2) is 5.22. The van der Waals surface area contributed by atoms with Gasteiger partial charge in [-0.3, -0.25) is 5.10 Å². The lowest BCUT2D eigenvalue weighted by Gasteiger charge is -2.40. The number of nitrogens with zero attached hydrogens (tertiary/aromatic N) is 1. The Balaban J connectivity index is 2.00. The summed E-state index contributed by atoms with van der Waals surface area (Å²) in [6, 6.07) is 8.06. The smallest absolute Gasteiger partial charge is 0.153 e. The zero-order valence-electron chi connectivity index (χ0n) is 11.4. The molecule has 0 amide bonds. The summed E-state index contributed by atoms with van der Waals surface area (Å²) in [5.41, 5.74) is 9.12. The number of rotatable bonds is 4. The van der Waals surface area contributed by atoms with Gasteiger partial charge in [0.2, 0.25) is 0 Å². The highest BCUT2D eigenvalue weighted by atomic mass is 79.9. The Bertz CT molecular complexity index is 614. The number of aromatic nitrogens is 2. The van der Waals surface area contributed by atoms with Crippen LogP contribution in [0.2, 0.25) is 0 Å². The number of nitrogens with one attached hydrogen (secondary N) is 1. The minimum absolute atomic E-state index is 0.0466. The van der Waals surface area contributed by atoms with Crippen molar-refractivity contribution in [1.82, 2.24) is 10.2 Å². The Labute approximate surface area is 126 Å². The lowest BCUT2D eigenvalue weighted by molar-refractivity contribution is -0.0713. The average Bonchev–Trinajstić information content (AvgIpc) is 2.76. The van der Waals surface area contributed by atoms with Crippen LogP contribution in [-0.2, 0) is 11.2 Å². The number of aromatic amines is 1. The summed E-state index contributed by atoms with van der Waals surface area (Å²) in [6.45, 7) is 0. The van der Waals surface area contributed by atoms with E-state index in [1.54, 1.807) is 7.11 Å². The summed E-state index contributed by atoms with van der Waals surface area (Å²) in [4.78, 5) is 0. The molecular formula is C15H18BrN3O. The fourth-order valence-corrected chi connectivity index (χ4v) is 3.32. The number of halogens is 1. The first kappa shape index (κ1) is 13.6. The van der Waals surface area contributed by atoms with Crippen LogP contribution in [-0.4, -0.2) is 22.9 Å². The molecule has 1 fully saturated rings. The highest BCUT2D eigenvalue weighted by Crippen LogP contribution is 2.41. The van der Waals surface area contributed by atoms with Gasteiger partial charge in [0.05, 0.1) is 5.60 Å². The van der Waals surface area contributed by atoms with Crippen molar-refractivity contribution in [3.8, 4) is 11.1 Å². The standard InChI is InChI=1S/C15H18BrN3O/c1-20-15(7-4-8-15)9-12-13(14(17)19-18-12)10-5-2-3-6-11(10)16/h2-3,5-6H,4,7-9H2,1H3,(H3,17,18,19). The van der Waals surface area contributed by atoms with Gasteiger partial charge in [-0.25, -0.2) is 0 Å². The van der Waals surface area contributed by atoms with Crippen LogP contribution in [0.5, 0.6) is 0 Å².